The molecular weight excluding hydrogens is 457 g/mol. The Bertz CT molecular complexity index is 1310. The lowest BCUT2D eigenvalue weighted by atomic mass is 10.1. The molecule has 0 saturated heterocycles. The highest BCUT2D eigenvalue weighted by Gasteiger charge is 2.31. The molecule has 0 N–H and O–H groups in total. The molecule has 0 fully saturated rings. The number of nitrogens with zero attached hydrogens (tertiary/aromatic N) is 2. The number of hydrogen-bond acceptors (Lipinski definition) is 6. The molecule has 4 aromatic heterocycles. The Morgan fingerprint density at radius 1 is 0.645 bits per heavy atom. The predicted molar refractivity (Wildman–Crippen MR) is 138 cm³/mol. The van der Waals surface area contributed by atoms with Gasteiger partial charge in [0.15, 0.2) is 0 Å². The van der Waals surface area contributed by atoms with Crippen molar-refractivity contribution in [2.45, 2.75) is 12.5 Å². The van der Waals surface area contributed by atoms with Gasteiger partial charge in [-0.05, 0) is 59.3 Å². The van der Waals surface area contributed by atoms with Gasteiger partial charge in [0.25, 0.3) is 0 Å². The molecule has 1 aliphatic heterocycles. The van der Waals surface area contributed by atoms with E-state index in [1.165, 1.54) is 35.0 Å². The van der Waals surface area contributed by atoms with E-state index in [4.69, 9.17) is 5.10 Å². The highest BCUT2D eigenvalue weighted by atomic mass is 32.1. The van der Waals surface area contributed by atoms with Crippen LogP contribution in [0.4, 0.5) is 5.69 Å². The highest BCUT2D eigenvalue weighted by molar-refractivity contribution is 7.22. The SMILES string of the molecule is c1ccc(N2N=C(c3ccc(-c4cccs4)s3)CC2c2ccc(-c3cccs3)s2)cc1. The van der Waals surface area contributed by atoms with E-state index in [2.05, 4.69) is 94.6 Å². The molecule has 6 heteroatoms. The van der Waals surface area contributed by atoms with Gasteiger partial charge < -0.3 is 0 Å². The third-order valence-electron chi connectivity index (χ3n) is 5.30. The Hall–Kier alpha value is -2.51. The first-order chi connectivity index (χ1) is 15.3. The smallest absolute Gasteiger partial charge is 0.0924 e. The Balaban J connectivity index is 1.36. The highest BCUT2D eigenvalue weighted by Crippen LogP contribution is 2.43. The van der Waals surface area contributed by atoms with Crippen LogP contribution in [0.5, 0.6) is 0 Å². The molecular formula is C25H18N2S4. The zero-order valence-electron chi connectivity index (χ0n) is 16.5. The summed E-state index contributed by atoms with van der Waals surface area (Å²) in [6.07, 6.45) is 0.920. The zero-order chi connectivity index (χ0) is 20.6. The molecule has 152 valence electrons. The second kappa shape index (κ2) is 8.20. The summed E-state index contributed by atoms with van der Waals surface area (Å²) in [5.41, 5.74) is 2.32. The summed E-state index contributed by atoms with van der Waals surface area (Å²) in [5, 5.41) is 11.6. The van der Waals surface area contributed by atoms with Crippen LogP contribution in [-0.2, 0) is 0 Å². The standard InChI is InChI=1S/C25H18N2S4/c1-2-6-17(7-3-1)27-19(21-11-13-25(31-21)23-9-5-15-29-23)16-18(26-27)20-10-12-24(30-20)22-8-4-14-28-22/h1-15,19H,16H2. The fourth-order valence-corrected chi connectivity index (χ4v) is 7.59. The minimum Gasteiger partial charge on any atom is -0.257 e. The van der Waals surface area contributed by atoms with Gasteiger partial charge in [-0.1, -0.05) is 30.3 Å². The maximum absolute atomic E-state index is 5.13. The molecule has 1 aliphatic rings. The molecule has 5 aromatic rings. The molecule has 1 aromatic carbocycles. The van der Waals surface area contributed by atoms with E-state index in [1.54, 1.807) is 22.7 Å². The maximum atomic E-state index is 5.13. The van der Waals surface area contributed by atoms with Gasteiger partial charge in [-0.3, -0.25) is 5.01 Å². The van der Waals surface area contributed by atoms with E-state index >= 15 is 0 Å². The van der Waals surface area contributed by atoms with E-state index in [0.717, 1.165) is 12.1 Å². The fraction of sp³-hybridized carbons (Fsp3) is 0.0800. The van der Waals surface area contributed by atoms with E-state index in [1.807, 2.05) is 22.7 Å². The van der Waals surface area contributed by atoms with Crippen LogP contribution in [0.15, 0.2) is 94.7 Å². The third-order valence-corrected chi connectivity index (χ3v) is 9.76. The zero-order valence-corrected chi connectivity index (χ0v) is 19.7. The molecule has 6 rings (SSSR count). The number of hydrogen-bond donors (Lipinski definition) is 0. The molecule has 31 heavy (non-hydrogen) atoms. The van der Waals surface area contributed by atoms with Crippen LogP contribution in [0.2, 0.25) is 0 Å². The quantitative estimate of drug-likeness (QED) is 0.249. The van der Waals surface area contributed by atoms with Crippen LogP contribution < -0.4 is 5.01 Å². The van der Waals surface area contributed by atoms with Gasteiger partial charge in [0.2, 0.25) is 0 Å². The van der Waals surface area contributed by atoms with Crippen molar-refractivity contribution >= 4 is 56.7 Å². The van der Waals surface area contributed by atoms with Crippen LogP contribution in [0.25, 0.3) is 19.5 Å². The van der Waals surface area contributed by atoms with Crippen molar-refractivity contribution in [1.82, 2.24) is 0 Å². The Morgan fingerprint density at radius 2 is 1.32 bits per heavy atom. The van der Waals surface area contributed by atoms with Gasteiger partial charge in [0.1, 0.15) is 0 Å². The van der Waals surface area contributed by atoms with Crippen molar-refractivity contribution in [1.29, 1.82) is 0 Å². The van der Waals surface area contributed by atoms with Crippen LogP contribution in [0, 0.1) is 0 Å². The van der Waals surface area contributed by atoms with Gasteiger partial charge in [-0.25, -0.2) is 0 Å². The van der Waals surface area contributed by atoms with E-state index < -0.39 is 0 Å². The first-order valence-corrected chi connectivity index (χ1v) is 13.4. The summed E-state index contributed by atoms with van der Waals surface area (Å²) in [7, 11) is 0. The molecule has 0 spiro atoms. The molecule has 0 amide bonds. The first kappa shape index (κ1) is 19.2. The van der Waals surface area contributed by atoms with Gasteiger partial charge in [-0.15, -0.1) is 45.3 Å². The number of hydrazone groups is 1. The fourth-order valence-electron chi connectivity index (χ4n) is 3.83. The second-order valence-corrected chi connectivity index (χ2v) is 11.4. The summed E-state index contributed by atoms with van der Waals surface area (Å²) < 4.78 is 0. The van der Waals surface area contributed by atoms with Crippen molar-refractivity contribution in [3.63, 3.8) is 0 Å². The van der Waals surface area contributed by atoms with Crippen LogP contribution in [-0.4, -0.2) is 5.71 Å². The predicted octanol–water partition coefficient (Wildman–Crippen LogP) is 8.62. The van der Waals surface area contributed by atoms with Gasteiger partial charge >= 0.3 is 0 Å². The summed E-state index contributed by atoms with van der Waals surface area (Å²) in [5.74, 6) is 0. The lowest BCUT2D eigenvalue weighted by molar-refractivity contribution is 0.722. The van der Waals surface area contributed by atoms with E-state index in [0.29, 0.717) is 0 Å². The summed E-state index contributed by atoms with van der Waals surface area (Å²) >= 11 is 7.32. The van der Waals surface area contributed by atoms with Crippen molar-refractivity contribution in [2.24, 2.45) is 5.10 Å². The van der Waals surface area contributed by atoms with Crippen molar-refractivity contribution in [3.8, 4) is 19.5 Å². The molecule has 0 radical (unpaired) electrons. The average Bonchev–Trinajstić information content (AvgIpc) is 3.63. The molecule has 1 unspecified atom stereocenters. The Kier molecular flexibility index (Phi) is 5.08. The Labute approximate surface area is 197 Å². The van der Waals surface area contributed by atoms with Crippen molar-refractivity contribution in [3.05, 3.63) is 99.4 Å². The molecule has 0 aliphatic carbocycles. The van der Waals surface area contributed by atoms with Gasteiger partial charge in [-0.2, -0.15) is 5.10 Å². The van der Waals surface area contributed by atoms with Crippen molar-refractivity contribution < 1.29 is 0 Å². The molecule has 1 atom stereocenters. The molecule has 2 nitrogen and oxygen atoms in total. The second-order valence-electron chi connectivity index (χ2n) is 7.27. The summed E-state index contributed by atoms with van der Waals surface area (Å²) in [4.78, 5) is 7.94. The number of benzene rings is 1. The average molecular weight is 475 g/mol. The minimum atomic E-state index is 0.225. The largest absolute Gasteiger partial charge is 0.257 e. The van der Waals surface area contributed by atoms with E-state index in [-0.39, 0.29) is 6.04 Å². The minimum absolute atomic E-state index is 0.225. The van der Waals surface area contributed by atoms with Gasteiger partial charge in [0, 0.05) is 30.8 Å². The van der Waals surface area contributed by atoms with Crippen LogP contribution in [0.1, 0.15) is 22.2 Å². The third kappa shape index (κ3) is 3.70. The normalized spacial score (nSPS) is 16.1. The lowest BCUT2D eigenvalue weighted by Gasteiger charge is -2.22. The summed E-state index contributed by atoms with van der Waals surface area (Å²) in [6.45, 7) is 0. The topological polar surface area (TPSA) is 15.6 Å². The first-order valence-electron chi connectivity index (χ1n) is 10.0. The lowest BCUT2D eigenvalue weighted by Crippen LogP contribution is -2.17. The monoisotopic (exact) mass is 474 g/mol. The summed E-state index contributed by atoms with van der Waals surface area (Å²) in [6, 6.07) is 28.4. The Morgan fingerprint density at radius 3 is 2.03 bits per heavy atom. The number of anilines is 1. The van der Waals surface area contributed by atoms with Crippen LogP contribution >= 0.6 is 45.3 Å². The van der Waals surface area contributed by atoms with Gasteiger partial charge in [0.05, 0.1) is 22.3 Å². The van der Waals surface area contributed by atoms with E-state index in [9.17, 15) is 0 Å². The van der Waals surface area contributed by atoms with Crippen LogP contribution in [0.3, 0.4) is 0 Å². The molecule has 0 saturated carbocycles. The molecule has 0 bridgehead atoms. The molecule has 5 heterocycles. The number of rotatable bonds is 5. The van der Waals surface area contributed by atoms with Crippen molar-refractivity contribution in [2.75, 3.05) is 5.01 Å². The number of para-hydroxylation sites is 1. The maximum Gasteiger partial charge on any atom is 0.0924 e. The number of thiophene rings is 4.